The number of carbonyl (C=O) groups is 1. The highest BCUT2D eigenvalue weighted by Crippen LogP contribution is 2.26. The van der Waals surface area contributed by atoms with Crippen LogP contribution in [0.25, 0.3) is 21.3 Å². The lowest BCUT2D eigenvalue weighted by atomic mass is 10.00. The lowest BCUT2D eigenvalue weighted by Gasteiger charge is -2.23. The quantitative estimate of drug-likeness (QED) is 0.664. The summed E-state index contributed by atoms with van der Waals surface area (Å²) in [5, 5.41) is 15.6. The van der Waals surface area contributed by atoms with E-state index in [2.05, 4.69) is 16.7 Å². The van der Waals surface area contributed by atoms with Gasteiger partial charge < -0.3 is 15.2 Å². The van der Waals surface area contributed by atoms with Gasteiger partial charge >= 0.3 is 4.87 Å². The number of carbonyl (C=O) groups excluding carboxylic acids is 1. The largest absolute Gasteiger partial charge is 0.339 e. The van der Waals surface area contributed by atoms with Crippen LogP contribution in [0.1, 0.15) is 24.8 Å². The number of nitrogens with one attached hydrogen (secondary N) is 2. The van der Waals surface area contributed by atoms with Crippen molar-refractivity contribution in [3.05, 3.63) is 57.7 Å². The monoisotopic (exact) mass is 420 g/mol. The number of benzene rings is 2. The van der Waals surface area contributed by atoms with Crippen molar-refractivity contribution in [2.75, 3.05) is 6.54 Å². The van der Waals surface area contributed by atoms with E-state index in [0.29, 0.717) is 6.42 Å². The van der Waals surface area contributed by atoms with Crippen molar-refractivity contribution < 1.29 is 4.79 Å². The van der Waals surface area contributed by atoms with Crippen molar-refractivity contribution in [3.8, 4) is 17.2 Å². The Morgan fingerprint density at radius 2 is 2.03 bits per heavy atom. The smallest absolute Gasteiger partial charge is 0.307 e. The van der Waals surface area contributed by atoms with Gasteiger partial charge in [-0.05, 0) is 48.2 Å². The highest BCUT2D eigenvalue weighted by atomic mass is 32.1. The number of amides is 1. The number of hydrogen-bond acceptors (Lipinski definition) is 5. The summed E-state index contributed by atoms with van der Waals surface area (Å²) in [5.41, 5.74) is 4.02. The molecule has 1 aliphatic heterocycles. The Morgan fingerprint density at radius 1 is 1.27 bits per heavy atom. The van der Waals surface area contributed by atoms with E-state index >= 15 is 0 Å². The SMILES string of the molecule is Cn1c(=O)sc2cc(-c3ccc(C[C@@H](C#N)NC(=O)C4CCCCN4)cc3)ccc21. The van der Waals surface area contributed by atoms with Crippen molar-refractivity contribution >= 4 is 27.5 Å². The van der Waals surface area contributed by atoms with Gasteiger partial charge in [0, 0.05) is 13.5 Å². The second-order valence-corrected chi connectivity index (χ2v) is 8.70. The summed E-state index contributed by atoms with van der Waals surface area (Å²) < 4.78 is 2.62. The molecular formula is C23H24N4O2S. The fraction of sp³-hybridized carbons (Fsp3) is 0.348. The minimum absolute atomic E-state index is 0.0329. The Bertz CT molecular complexity index is 1150. The molecule has 3 aromatic rings. The van der Waals surface area contributed by atoms with E-state index in [1.54, 1.807) is 11.6 Å². The van der Waals surface area contributed by atoms with Gasteiger partial charge in [-0.3, -0.25) is 9.59 Å². The molecule has 7 heteroatoms. The second-order valence-electron chi connectivity index (χ2n) is 7.70. The van der Waals surface area contributed by atoms with Gasteiger partial charge in [0.05, 0.1) is 22.3 Å². The number of fused-ring (bicyclic) bond motifs is 1. The maximum atomic E-state index is 12.4. The zero-order valence-corrected chi connectivity index (χ0v) is 17.7. The standard InChI is InChI=1S/C23H24N4O2S/c1-27-20-10-9-17(13-21(20)30-23(27)29)16-7-5-15(6-8-16)12-18(14-24)26-22(28)19-4-2-3-11-25-19/h5-10,13,18-19,25H,2-4,11-12H2,1H3,(H,26,28)/t18-,19?/m0/s1. The van der Waals surface area contributed by atoms with Crippen LogP contribution in [0.5, 0.6) is 0 Å². The summed E-state index contributed by atoms with van der Waals surface area (Å²) in [7, 11) is 1.78. The maximum absolute atomic E-state index is 12.4. The third kappa shape index (κ3) is 4.30. The number of thiazole rings is 1. The van der Waals surface area contributed by atoms with Crippen molar-refractivity contribution in [1.29, 1.82) is 5.26 Å². The average Bonchev–Trinajstić information content (AvgIpc) is 3.07. The van der Waals surface area contributed by atoms with Crippen molar-refractivity contribution in [3.63, 3.8) is 0 Å². The van der Waals surface area contributed by atoms with Gasteiger partial charge in [-0.25, -0.2) is 0 Å². The predicted octanol–water partition coefficient (Wildman–Crippen LogP) is 2.96. The summed E-state index contributed by atoms with van der Waals surface area (Å²) >= 11 is 1.25. The maximum Gasteiger partial charge on any atom is 0.307 e. The van der Waals surface area contributed by atoms with Crippen LogP contribution in [0.15, 0.2) is 47.3 Å². The van der Waals surface area contributed by atoms with Gasteiger partial charge in [-0.15, -0.1) is 0 Å². The van der Waals surface area contributed by atoms with Crippen molar-refractivity contribution in [2.24, 2.45) is 7.05 Å². The van der Waals surface area contributed by atoms with Crippen LogP contribution in [0.2, 0.25) is 0 Å². The summed E-state index contributed by atoms with van der Waals surface area (Å²) in [4.78, 5) is 24.3. The van der Waals surface area contributed by atoms with E-state index in [1.165, 1.54) is 11.3 Å². The molecule has 0 spiro atoms. The molecule has 0 saturated carbocycles. The highest BCUT2D eigenvalue weighted by molar-refractivity contribution is 7.16. The molecule has 6 nitrogen and oxygen atoms in total. The molecule has 30 heavy (non-hydrogen) atoms. The first-order valence-electron chi connectivity index (χ1n) is 10.2. The van der Waals surface area contributed by atoms with Crippen LogP contribution in [0.4, 0.5) is 0 Å². The van der Waals surface area contributed by atoms with Crippen molar-refractivity contribution in [2.45, 2.75) is 37.8 Å². The Balaban J connectivity index is 1.44. The molecule has 0 radical (unpaired) electrons. The zero-order chi connectivity index (χ0) is 21.1. The molecule has 0 bridgehead atoms. The Hall–Kier alpha value is -2.95. The van der Waals surface area contributed by atoms with E-state index in [1.807, 2.05) is 42.5 Å². The molecule has 1 aliphatic rings. The van der Waals surface area contributed by atoms with Crippen molar-refractivity contribution in [1.82, 2.24) is 15.2 Å². The molecule has 1 fully saturated rings. The number of piperidine rings is 1. The van der Waals surface area contributed by atoms with Crippen LogP contribution in [0.3, 0.4) is 0 Å². The molecule has 1 unspecified atom stereocenters. The predicted molar refractivity (Wildman–Crippen MR) is 119 cm³/mol. The van der Waals surface area contributed by atoms with Gasteiger partial charge in [0.2, 0.25) is 5.91 Å². The number of hydrogen-bond donors (Lipinski definition) is 2. The van der Waals surface area contributed by atoms with Gasteiger partial charge in [0.1, 0.15) is 6.04 Å². The number of nitrogens with zero attached hydrogens (tertiary/aromatic N) is 2. The molecule has 2 N–H and O–H groups in total. The van der Waals surface area contributed by atoms with Crippen LogP contribution in [-0.4, -0.2) is 29.1 Å². The molecule has 2 atom stereocenters. The second kappa shape index (κ2) is 8.82. The molecule has 0 aliphatic carbocycles. The summed E-state index contributed by atoms with van der Waals surface area (Å²) in [5.74, 6) is -0.0898. The molecule has 1 amide bonds. The first-order chi connectivity index (χ1) is 14.5. The molecule has 1 saturated heterocycles. The Kier molecular flexibility index (Phi) is 5.98. The van der Waals surface area contributed by atoms with E-state index < -0.39 is 6.04 Å². The number of rotatable bonds is 5. The molecule has 1 aromatic heterocycles. The number of aromatic nitrogens is 1. The first-order valence-corrected chi connectivity index (χ1v) is 11.0. The van der Waals surface area contributed by atoms with Gasteiger partial charge in [0.25, 0.3) is 0 Å². The normalized spacial score (nSPS) is 17.4. The van der Waals surface area contributed by atoms with E-state index in [0.717, 1.165) is 52.7 Å². The minimum atomic E-state index is -0.551. The van der Waals surface area contributed by atoms with E-state index in [-0.39, 0.29) is 16.8 Å². The number of nitriles is 1. The van der Waals surface area contributed by atoms with Crippen LogP contribution in [-0.2, 0) is 18.3 Å². The molecule has 2 heterocycles. The first kappa shape index (κ1) is 20.3. The van der Waals surface area contributed by atoms with Gasteiger partial charge in [-0.1, -0.05) is 48.1 Å². The number of aryl methyl sites for hydroxylation is 1. The minimum Gasteiger partial charge on any atom is -0.339 e. The fourth-order valence-corrected chi connectivity index (χ4v) is 4.78. The highest BCUT2D eigenvalue weighted by Gasteiger charge is 2.23. The van der Waals surface area contributed by atoms with Gasteiger partial charge in [-0.2, -0.15) is 5.26 Å². The molecule has 2 aromatic carbocycles. The Morgan fingerprint density at radius 3 is 2.73 bits per heavy atom. The summed E-state index contributed by atoms with van der Waals surface area (Å²) in [6, 6.07) is 15.5. The molecule has 4 rings (SSSR count). The van der Waals surface area contributed by atoms with Gasteiger partial charge in [0.15, 0.2) is 0 Å². The lowest BCUT2D eigenvalue weighted by Crippen LogP contribution is -2.49. The van der Waals surface area contributed by atoms with Crippen LogP contribution < -0.4 is 15.5 Å². The summed E-state index contributed by atoms with van der Waals surface area (Å²) in [6.07, 6.45) is 3.41. The Labute approximate surface area is 179 Å². The van der Waals surface area contributed by atoms with Crippen LogP contribution >= 0.6 is 11.3 Å². The zero-order valence-electron chi connectivity index (χ0n) is 16.9. The molecular weight excluding hydrogens is 396 g/mol. The van der Waals surface area contributed by atoms with Crippen LogP contribution in [0, 0.1) is 11.3 Å². The fourth-order valence-electron chi connectivity index (χ4n) is 3.86. The summed E-state index contributed by atoms with van der Waals surface area (Å²) in [6.45, 7) is 0.850. The van der Waals surface area contributed by atoms with E-state index in [9.17, 15) is 14.9 Å². The third-order valence-corrected chi connectivity index (χ3v) is 6.61. The third-order valence-electron chi connectivity index (χ3n) is 5.62. The average molecular weight is 421 g/mol. The van der Waals surface area contributed by atoms with E-state index in [4.69, 9.17) is 0 Å². The molecule has 154 valence electrons. The lowest BCUT2D eigenvalue weighted by molar-refractivity contribution is -0.124. The topological polar surface area (TPSA) is 86.9 Å².